The van der Waals surface area contributed by atoms with Gasteiger partial charge >= 0.3 is 0 Å². The molecule has 3 rings (SSSR count). The number of hydrogen-bond donors (Lipinski definition) is 1. The number of ether oxygens (including phenoxy) is 3. The molecular formula is C22H30N2O3. The molecule has 5 nitrogen and oxygen atoms in total. The molecule has 0 bridgehead atoms. The van der Waals surface area contributed by atoms with Crippen molar-refractivity contribution in [1.29, 1.82) is 0 Å². The van der Waals surface area contributed by atoms with Crippen molar-refractivity contribution in [3.05, 3.63) is 52.6 Å². The minimum atomic E-state index is 0.0778. The van der Waals surface area contributed by atoms with Crippen LogP contribution in [0.5, 0.6) is 17.2 Å². The first-order chi connectivity index (χ1) is 13.0. The minimum absolute atomic E-state index is 0.0778. The Morgan fingerprint density at radius 3 is 2.52 bits per heavy atom. The molecule has 2 aromatic rings. The van der Waals surface area contributed by atoms with Crippen LogP contribution < -0.4 is 19.5 Å². The molecule has 0 aromatic heterocycles. The summed E-state index contributed by atoms with van der Waals surface area (Å²) in [4.78, 5) is 2.12. The first-order valence-electron chi connectivity index (χ1n) is 9.39. The normalized spacial score (nSPS) is 16.1. The third-order valence-corrected chi connectivity index (χ3v) is 5.03. The summed E-state index contributed by atoms with van der Waals surface area (Å²) in [7, 11) is 7.53. The molecule has 5 heteroatoms. The van der Waals surface area contributed by atoms with Gasteiger partial charge < -0.3 is 24.4 Å². The molecule has 0 saturated carbocycles. The van der Waals surface area contributed by atoms with E-state index in [4.69, 9.17) is 14.2 Å². The molecule has 0 saturated heterocycles. The van der Waals surface area contributed by atoms with Crippen molar-refractivity contribution in [2.24, 2.45) is 0 Å². The Kier molecular flexibility index (Phi) is 6.24. The first-order valence-corrected chi connectivity index (χ1v) is 9.39. The summed E-state index contributed by atoms with van der Waals surface area (Å²) < 4.78 is 17.1. The van der Waals surface area contributed by atoms with E-state index in [1.165, 1.54) is 11.1 Å². The second kappa shape index (κ2) is 8.63. The maximum atomic E-state index is 5.91. The fourth-order valence-electron chi connectivity index (χ4n) is 3.55. The zero-order valence-corrected chi connectivity index (χ0v) is 17.0. The molecule has 27 heavy (non-hydrogen) atoms. The zero-order valence-electron chi connectivity index (χ0n) is 17.0. The van der Waals surface area contributed by atoms with Crippen LogP contribution >= 0.6 is 0 Å². The van der Waals surface area contributed by atoms with Gasteiger partial charge in [0.25, 0.3) is 0 Å². The SMILES string of the molecule is COc1cc(C2NCCc3cc(OCCN(C)C)ccc32)c(OC)cc1C. The van der Waals surface area contributed by atoms with Gasteiger partial charge in [0.1, 0.15) is 23.9 Å². The second-order valence-electron chi connectivity index (χ2n) is 7.21. The molecule has 1 aliphatic rings. The van der Waals surface area contributed by atoms with Gasteiger partial charge in [0.15, 0.2) is 0 Å². The van der Waals surface area contributed by atoms with Gasteiger partial charge in [-0.3, -0.25) is 0 Å². The molecule has 146 valence electrons. The Balaban J connectivity index is 1.90. The molecule has 0 aliphatic carbocycles. The van der Waals surface area contributed by atoms with E-state index in [9.17, 15) is 0 Å². The van der Waals surface area contributed by atoms with Crippen LogP contribution in [0.2, 0.25) is 0 Å². The lowest BCUT2D eigenvalue weighted by molar-refractivity contribution is 0.261. The Hall–Kier alpha value is -2.24. The lowest BCUT2D eigenvalue weighted by Crippen LogP contribution is -2.31. The third kappa shape index (κ3) is 4.37. The minimum Gasteiger partial charge on any atom is -0.496 e. The molecule has 1 unspecified atom stereocenters. The highest BCUT2D eigenvalue weighted by molar-refractivity contribution is 5.52. The number of hydrogen-bond acceptors (Lipinski definition) is 5. The van der Waals surface area contributed by atoms with Crippen LogP contribution in [0.4, 0.5) is 0 Å². The van der Waals surface area contributed by atoms with Crippen molar-refractivity contribution >= 4 is 0 Å². The van der Waals surface area contributed by atoms with E-state index >= 15 is 0 Å². The number of nitrogens with zero attached hydrogens (tertiary/aromatic N) is 1. The molecule has 0 fully saturated rings. The van der Waals surface area contributed by atoms with Crippen LogP contribution in [-0.4, -0.2) is 52.9 Å². The highest BCUT2D eigenvalue weighted by atomic mass is 16.5. The second-order valence-corrected chi connectivity index (χ2v) is 7.21. The topological polar surface area (TPSA) is 43.0 Å². The lowest BCUT2D eigenvalue weighted by atomic mass is 9.88. The summed E-state index contributed by atoms with van der Waals surface area (Å²) in [6.45, 7) is 4.54. The average Bonchev–Trinajstić information content (AvgIpc) is 2.67. The van der Waals surface area contributed by atoms with Crippen LogP contribution in [0.1, 0.15) is 28.3 Å². The molecule has 0 radical (unpaired) electrons. The summed E-state index contributed by atoms with van der Waals surface area (Å²) >= 11 is 0. The van der Waals surface area contributed by atoms with Crippen molar-refractivity contribution in [3.8, 4) is 17.2 Å². The Bertz CT molecular complexity index is 789. The maximum Gasteiger partial charge on any atom is 0.124 e. The maximum absolute atomic E-state index is 5.91. The monoisotopic (exact) mass is 370 g/mol. The van der Waals surface area contributed by atoms with Crippen molar-refractivity contribution in [2.75, 3.05) is 48.0 Å². The number of aryl methyl sites for hydroxylation is 1. The average molecular weight is 370 g/mol. The van der Waals surface area contributed by atoms with Crippen LogP contribution in [-0.2, 0) is 6.42 Å². The number of rotatable bonds is 7. The van der Waals surface area contributed by atoms with Gasteiger partial charge in [-0.15, -0.1) is 0 Å². The van der Waals surface area contributed by atoms with E-state index in [2.05, 4.69) is 48.6 Å². The van der Waals surface area contributed by atoms with E-state index in [1.54, 1.807) is 14.2 Å². The molecular weight excluding hydrogens is 340 g/mol. The molecule has 2 aromatic carbocycles. The molecule has 1 atom stereocenters. The van der Waals surface area contributed by atoms with E-state index in [0.717, 1.165) is 47.9 Å². The molecule has 0 spiro atoms. The number of benzene rings is 2. The fraction of sp³-hybridized carbons (Fsp3) is 0.455. The van der Waals surface area contributed by atoms with E-state index in [0.29, 0.717) is 6.61 Å². The zero-order chi connectivity index (χ0) is 19.4. The van der Waals surface area contributed by atoms with Gasteiger partial charge in [0.05, 0.1) is 20.3 Å². The highest BCUT2D eigenvalue weighted by Gasteiger charge is 2.25. The quantitative estimate of drug-likeness (QED) is 0.811. The van der Waals surface area contributed by atoms with Crippen molar-refractivity contribution in [1.82, 2.24) is 10.2 Å². The molecule has 1 aliphatic heterocycles. The van der Waals surface area contributed by atoms with Crippen molar-refractivity contribution < 1.29 is 14.2 Å². The highest BCUT2D eigenvalue weighted by Crippen LogP contribution is 2.38. The van der Waals surface area contributed by atoms with Gasteiger partial charge in [0, 0.05) is 18.7 Å². The Morgan fingerprint density at radius 1 is 1.04 bits per heavy atom. The predicted molar refractivity (Wildman–Crippen MR) is 108 cm³/mol. The molecule has 0 amide bonds. The van der Waals surface area contributed by atoms with Crippen LogP contribution in [0.3, 0.4) is 0 Å². The standard InChI is InChI=1S/C22H30N2O3/c1-15-12-21(26-5)19(14-20(15)25-4)22-18-7-6-17(27-11-10-24(2)3)13-16(18)8-9-23-22/h6-7,12-14,22-23H,8-11H2,1-5H3. The smallest absolute Gasteiger partial charge is 0.124 e. The summed E-state index contributed by atoms with van der Waals surface area (Å²) in [6, 6.07) is 10.6. The van der Waals surface area contributed by atoms with Gasteiger partial charge in [0.2, 0.25) is 0 Å². The summed E-state index contributed by atoms with van der Waals surface area (Å²) in [5, 5.41) is 3.63. The number of nitrogens with one attached hydrogen (secondary N) is 1. The van der Waals surface area contributed by atoms with Gasteiger partial charge in [-0.1, -0.05) is 6.07 Å². The Morgan fingerprint density at radius 2 is 1.81 bits per heavy atom. The van der Waals surface area contributed by atoms with Gasteiger partial charge in [-0.05, 0) is 68.4 Å². The van der Waals surface area contributed by atoms with Crippen LogP contribution in [0.15, 0.2) is 30.3 Å². The third-order valence-electron chi connectivity index (χ3n) is 5.03. The van der Waals surface area contributed by atoms with Gasteiger partial charge in [-0.2, -0.15) is 0 Å². The summed E-state index contributed by atoms with van der Waals surface area (Å²) in [5.74, 6) is 2.69. The van der Waals surface area contributed by atoms with Gasteiger partial charge in [-0.25, -0.2) is 0 Å². The summed E-state index contributed by atoms with van der Waals surface area (Å²) in [5.41, 5.74) is 4.76. The Labute approximate surface area is 162 Å². The molecule has 1 N–H and O–H groups in total. The number of fused-ring (bicyclic) bond motifs is 1. The van der Waals surface area contributed by atoms with E-state index in [-0.39, 0.29) is 6.04 Å². The lowest BCUT2D eigenvalue weighted by Gasteiger charge is -2.29. The number of methoxy groups -OCH3 is 2. The van der Waals surface area contributed by atoms with Crippen molar-refractivity contribution in [2.45, 2.75) is 19.4 Å². The largest absolute Gasteiger partial charge is 0.496 e. The van der Waals surface area contributed by atoms with E-state index < -0.39 is 0 Å². The van der Waals surface area contributed by atoms with Crippen molar-refractivity contribution in [3.63, 3.8) is 0 Å². The van der Waals surface area contributed by atoms with E-state index in [1.807, 2.05) is 13.0 Å². The number of likely N-dealkylation sites (N-methyl/N-ethyl adjacent to an activating group) is 1. The summed E-state index contributed by atoms with van der Waals surface area (Å²) in [6.07, 6.45) is 0.988. The first kappa shape index (κ1) is 19.5. The van der Waals surface area contributed by atoms with Crippen LogP contribution in [0, 0.1) is 6.92 Å². The fourth-order valence-corrected chi connectivity index (χ4v) is 3.55. The predicted octanol–water partition coefficient (Wildman–Crippen LogP) is 3.19. The van der Waals surface area contributed by atoms with Crippen LogP contribution in [0.25, 0.3) is 0 Å². The molecule has 1 heterocycles.